The number of fused-ring (bicyclic) bond motifs is 1. The summed E-state index contributed by atoms with van der Waals surface area (Å²) in [5.41, 5.74) is 1.99. The average molecular weight is 322 g/mol. The van der Waals surface area contributed by atoms with E-state index in [0.717, 1.165) is 16.1 Å². The van der Waals surface area contributed by atoms with Crippen LogP contribution in [0, 0.1) is 0 Å². The average Bonchev–Trinajstić information content (AvgIpc) is 2.92. The Labute approximate surface area is 136 Å². The van der Waals surface area contributed by atoms with Crippen LogP contribution in [0.4, 0.5) is 5.69 Å². The molecule has 0 fully saturated rings. The molecule has 2 aromatic heterocycles. The van der Waals surface area contributed by atoms with E-state index in [0.29, 0.717) is 17.9 Å². The summed E-state index contributed by atoms with van der Waals surface area (Å²) in [6.07, 6.45) is 5.33. The Morgan fingerprint density at radius 1 is 1.13 bits per heavy atom. The molecule has 0 saturated carbocycles. The molecule has 1 aliphatic heterocycles. The van der Waals surface area contributed by atoms with E-state index in [2.05, 4.69) is 14.9 Å². The Kier molecular flexibility index (Phi) is 3.51. The van der Waals surface area contributed by atoms with E-state index in [1.54, 1.807) is 17.0 Å². The largest absolute Gasteiger partial charge is 0.334 e. The second-order valence-corrected chi connectivity index (χ2v) is 6.24. The van der Waals surface area contributed by atoms with E-state index in [1.807, 2.05) is 48.5 Å². The van der Waals surface area contributed by atoms with Crippen LogP contribution < -0.4 is 19.8 Å². The number of hydrogen-bond donors (Lipinski definition) is 0. The van der Waals surface area contributed by atoms with Crippen molar-refractivity contribution in [2.75, 3.05) is 11.6 Å². The van der Waals surface area contributed by atoms with Gasteiger partial charge in [0.05, 0.1) is 4.53 Å². The van der Waals surface area contributed by atoms with Gasteiger partial charge in [-0.15, -0.1) is 0 Å². The number of pyridine rings is 1. The second kappa shape index (κ2) is 5.81. The Balaban J connectivity index is 1.74. The zero-order chi connectivity index (χ0) is 15.6. The van der Waals surface area contributed by atoms with Gasteiger partial charge in [0.2, 0.25) is 0 Å². The Morgan fingerprint density at radius 2 is 2.00 bits per heavy atom. The summed E-state index contributed by atoms with van der Waals surface area (Å²) in [6.45, 7) is 1.09. The summed E-state index contributed by atoms with van der Waals surface area (Å²) in [4.78, 5) is 24.1. The Hall–Kier alpha value is -2.73. The molecule has 1 aliphatic rings. The Bertz CT molecular complexity index is 993. The quantitative estimate of drug-likeness (QED) is 0.712. The first kappa shape index (κ1) is 13.9. The number of nitrogens with zero attached hydrogens (tertiary/aromatic N) is 4. The maximum absolute atomic E-state index is 12.6. The molecule has 0 unspecified atom stereocenters. The third-order valence-corrected chi connectivity index (χ3v) is 4.72. The van der Waals surface area contributed by atoms with Gasteiger partial charge in [-0.25, -0.2) is 4.99 Å². The van der Waals surface area contributed by atoms with Gasteiger partial charge < -0.3 is 4.90 Å². The maximum Gasteiger partial charge on any atom is 0.271 e. The van der Waals surface area contributed by atoms with Gasteiger partial charge in [-0.3, -0.25) is 14.3 Å². The molecular weight excluding hydrogens is 308 g/mol. The first-order valence-electron chi connectivity index (χ1n) is 7.27. The van der Waals surface area contributed by atoms with Crippen molar-refractivity contribution in [3.05, 3.63) is 80.1 Å². The maximum atomic E-state index is 12.6. The molecule has 23 heavy (non-hydrogen) atoms. The van der Waals surface area contributed by atoms with E-state index in [-0.39, 0.29) is 5.56 Å². The predicted octanol–water partition coefficient (Wildman–Crippen LogP) is 1.19. The highest BCUT2D eigenvalue weighted by molar-refractivity contribution is 7.07. The van der Waals surface area contributed by atoms with E-state index < -0.39 is 0 Å². The van der Waals surface area contributed by atoms with Crippen molar-refractivity contribution in [1.29, 1.82) is 0 Å². The van der Waals surface area contributed by atoms with Crippen LogP contribution in [0.3, 0.4) is 0 Å². The molecule has 0 amide bonds. The predicted molar refractivity (Wildman–Crippen MR) is 91.0 cm³/mol. The monoisotopic (exact) mass is 322 g/mol. The lowest BCUT2D eigenvalue weighted by molar-refractivity contribution is 0.569. The normalized spacial score (nSPS) is 14.4. The highest BCUT2D eigenvalue weighted by Gasteiger charge is 2.15. The van der Waals surface area contributed by atoms with E-state index in [1.165, 1.54) is 11.3 Å². The third-order valence-electron chi connectivity index (χ3n) is 3.68. The fourth-order valence-electron chi connectivity index (χ4n) is 2.53. The second-order valence-electron chi connectivity index (χ2n) is 5.23. The van der Waals surface area contributed by atoms with Gasteiger partial charge in [0.25, 0.3) is 5.56 Å². The fourth-order valence-corrected chi connectivity index (χ4v) is 3.49. The molecule has 0 radical (unpaired) electrons. The van der Waals surface area contributed by atoms with Crippen LogP contribution in [-0.2, 0) is 6.67 Å². The van der Waals surface area contributed by atoms with Crippen LogP contribution in [-0.4, -0.2) is 16.2 Å². The van der Waals surface area contributed by atoms with Crippen molar-refractivity contribution in [1.82, 2.24) is 9.55 Å². The van der Waals surface area contributed by atoms with Gasteiger partial charge in [0.15, 0.2) is 4.80 Å². The minimum atomic E-state index is -0.00164. The van der Waals surface area contributed by atoms with Crippen LogP contribution in [0.25, 0.3) is 6.08 Å². The van der Waals surface area contributed by atoms with Crippen molar-refractivity contribution in [3.63, 3.8) is 0 Å². The van der Waals surface area contributed by atoms with E-state index in [9.17, 15) is 4.79 Å². The lowest BCUT2D eigenvalue weighted by atomic mass is 10.3. The molecule has 0 aliphatic carbocycles. The topological polar surface area (TPSA) is 50.5 Å². The van der Waals surface area contributed by atoms with Crippen molar-refractivity contribution >= 4 is 23.1 Å². The zero-order valence-electron chi connectivity index (χ0n) is 12.3. The van der Waals surface area contributed by atoms with Gasteiger partial charge in [-0.2, -0.15) is 0 Å². The molecule has 5 nitrogen and oxygen atoms in total. The number of aromatic nitrogens is 2. The minimum Gasteiger partial charge on any atom is -0.334 e. The summed E-state index contributed by atoms with van der Waals surface area (Å²) >= 11 is 1.43. The first-order chi connectivity index (χ1) is 11.3. The van der Waals surface area contributed by atoms with Crippen LogP contribution in [0.2, 0.25) is 0 Å². The smallest absolute Gasteiger partial charge is 0.271 e. The molecule has 0 N–H and O–H groups in total. The van der Waals surface area contributed by atoms with Gasteiger partial charge in [-0.05, 0) is 29.8 Å². The van der Waals surface area contributed by atoms with Crippen LogP contribution in [0.15, 0.2) is 64.6 Å². The number of rotatable bonds is 2. The van der Waals surface area contributed by atoms with Gasteiger partial charge in [0, 0.05) is 18.1 Å². The fraction of sp³-hybridized carbons (Fsp3) is 0.118. The van der Waals surface area contributed by atoms with Crippen molar-refractivity contribution in [3.8, 4) is 0 Å². The SMILES string of the molecule is O=c1/c(=C/c2cccnc2)sc2n1CN(c1ccccc1)CN=2. The lowest BCUT2D eigenvalue weighted by Gasteiger charge is -2.25. The first-order valence-corrected chi connectivity index (χ1v) is 8.09. The molecule has 4 rings (SSSR count). The van der Waals surface area contributed by atoms with Crippen LogP contribution >= 0.6 is 11.3 Å². The number of para-hydroxylation sites is 1. The summed E-state index contributed by atoms with van der Waals surface area (Å²) in [6, 6.07) is 13.8. The van der Waals surface area contributed by atoms with Crippen molar-refractivity contribution in [2.24, 2.45) is 4.99 Å². The molecule has 0 saturated heterocycles. The molecule has 3 aromatic rings. The summed E-state index contributed by atoms with van der Waals surface area (Å²) in [7, 11) is 0. The standard InChI is InChI=1S/C17H14N4OS/c22-16-15(9-13-5-4-8-18-10-13)23-17-19-11-20(12-21(16)17)14-6-2-1-3-7-14/h1-10H,11-12H2/b15-9-. The summed E-state index contributed by atoms with van der Waals surface area (Å²) in [5, 5.41) is 0. The van der Waals surface area contributed by atoms with Crippen LogP contribution in [0.1, 0.15) is 5.56 Å². The molecule has 0 spiro atoms. The molecule has 0 atom stereocenters. The highest BCUT2D eigenvalue weighted by atomic mass is 32.1. The van der Waals surface area contributed by atoms with Gasteiger partial charge in [0.1, 0.15) is 13.3 Å². The molecule has 3 heterocycles. The third kappa shape index (κ3) is 2.68. The number of anilines is 1. The summed E-state index contributed by atoms with van der Waals surface area (Å²) < 4.78 is 2.41. The van der Waals surface area contributed by atoms with Crippen molar-refractivity contribution in [2.45, 2.75) is 6.67 Å². The lowest BCUT2D eigenvalue weighted by Crippen LogP contribution is -2.42. The highest BCUT2D eigenvalue weighted by Crippen LogP contribution is 2.14. The number of thiazole rings is 1. The minimum absolute atomic E-state index is 0.00164. The van der Waals surface area contributed by atoms with Crippen molar-refractivity contribution < 1.29 is 0 Å². The Morgan fingerprint density at radius 3 is 2.78 bits per heavy atom. The van der Waals surface area contributed by atoms with Gasteiger partial charge in [-0.1, -0.05) is 35.6 Å². The van der Waals surface area contributed by atoms with E-state index in [4.69, 9.17) is 0 Å². The molecular formula is C17H14N4OS. The van der Waals surface area contributed by atoms with Gasteiger partial charge >= 0.3 is 0 Å². The molecule has 6 heteroatoms. The summed E-state index contributed by atoms with van der Waals surface area (Å²) in [5.74, 6) is 0. The van der Waals surface area contributed by atoms with Crippen LogP contribution in [0.5, 0.6) is 0 Å². The zero-order valence-corrected chi connectivity index (χ0v) is 13.1. The molecule has 1 aromatic carbocycles. The number of benzene rings is 1. The molecule has 114 valence electrons. The molecule has 0 bridgehead atoms. The number of hydrogen-bond acceptors (Lipinski definition) is 5. The van der Waals surface area contributed by atoms with E-state index >= 15 is 0 Å².